The summed E-state index contributed by atoms with van der Waals surface area (Å²) in [6.45, 7) is 4.75. The monoisotopic (exact) mass is 368 g/mol. The molecule has 2 aromatic heterocycles. The maximum absolute atomic E-state index is 12.2. The number of carbonyl (C=O) groups excluding carboxylic acids is 2. The predicted octanol–water partition coefficient (Wildman–Crippen LogP) is 2.83. The molecule has 0 aromatic carbocycles. The zero-order chi connectivity index (χ0) is 19.3. The highest BCUT2D eigenvalue weighted by molar-refractivity contribution is 5.90. The van der Waals surface area contributed by atoms with E-state index in [9.17, 15) is 9.59 Å². The number of anilines is 2. The average Bonchev–Trinajstić information content (AvgIpc) is 2.65. The zero-order valence-corrected chi connectivity index (χ0v) is 15.4. The first kappa shape index (κ1) is 18.6. The second-order valence-electron chi connectivity index (χ2n) is 7.21. The van der Waals surface area contributed by atoms with Gasteiger partial charge in [-0.2, -0.15) is 0 Å². The van der Waals surface area contributed by atoms with Gasteiger partial charge in [0, 0.05) is 48.7 Å². The first-order valence-corrected chi connectivity index (χ1v) is 8.87. The van der Waals surface area contributed by atoms with Crippen molar-refractivity contribution in [1.82, 2.24) is 20.6 Å². The molecule has 1 aliphatic rings. The maximum atomic E-state index is 12.2. The molecule has 8 nitrogen and oxygen atoms in total. The van der Waals surface area contributed by atoms with Gasteiger partial charge < -0.3 is 21.3 Å². The Kier molecular flexibility index (Phi) is 5.54. The quantitative estimate of drug-likeness (QED) is 0.651. The highest BCUT2D eigenvalue weighted by atomic mass is 16.2. The molecule has 1 aliphatic carbocycles. The summed E-state index contributed by atoms with van der Waals surface area (Å²) in [5, 5.41) is 11.5. The van der Waals surface area contributed by atoms with Crippen molar-refractivity contribution in [1.29, 1.82) is 0 Å². The molecule has 1 saturated carbocycles. The SMILES string of the molecule is CC1(C)[C@@H](CNC(=O)Nc2ccncc2)C[C@H]1NC(=O)Nc1ccncc1. The minimum atomic E-state index is -0.246. The highest BCUT2D eigenvalue weighted by Gasteiger charge is 2.48. The van der Waals surface area contributed by atoms with Crippen molar-refractivity contribution in [3.05, 3.63) is 49.1 Å². The van der Waals surface area contributed by atoms with Gasteiger partial charge in [-0.05, 0) is 42.0 Å². The van der Waals surface area contributed by atoms with E-state index in [0.717, 1.165) is 6.42 Å². The normalized spacial score (nSPS) is 20.1. The number of nitrogens with one attached hydrogen (secondary N) is 4. The first-order chi connectivity index (χ1) is 12.9. The summed E-state index contributed by atoms with van der Waals surface area (Å²) in [4.78, 5) is 32.0. The molecule has 4 N–H and O–H groups in total. The van der Waals surface area contributed by atoms with E-state index in [2.05, 4.69) is 45.1 Å². The number of hydrogen-bond donors (Lipinski definition) is 4. The van der Waals surface area contributed by atoms with Gasteiger partial charge >= 0.3 is 12.1 Å². The average molecular weight is 368 g/mol. The second kappa shape index (κ2) is 8.03. The minimum absolute atomic E-state index is 0.0504. The van der Waals surface area contributed by atoms with E-state index in [-0.39, 0.29) is 29.4 Å². The smallest absolute Gasteiger partial charge is 0.319 e. The lowest BCUT2D eigenvalue weighted by Crippen LogP contribution is -2.61. The fourth-order valence-corrected chi connectivity index (χ4v) is 3.19. The van der Waals surface area contributed by atoms with E-state index >= 15 is 0 Å². The fourth-order valence-electron chi connectivity index (χ4n) is 3.19. The van der Waals surface area contributed by atoms with Crippen LogP contribution < -0.4 is 21.3 Å². The molecule has 0 spiro atoms. The summed E-state index contributed by atoms with van der Waals surface area (Å²) < 4.78 is 0. The molecule has 0 aliphatic heterocycles. The van der Waals surface area contributed by atoms with Crippen LogP contribution in [0.1, 0.15) is 20.3 Å². The molecule has 2 aromatic rings. The Morgan fingerprint density at radius 1 is 0.963 bits per heavy atom. The molecule has 0 bridgehead atoms. The molecule has 4 amide bonds. The van der Waals surface area contributed by atoms with Crippen molar-refractivity contribution in [3.8, 4) is 0 Å². The van der Waals surface area contributed by atoms with Gasteiger partial charge in [0.25, 0.3) is 0 Å². The number of urea groups is 2. The van der Waals surface area contributed by atoms with Gasteiger partial charge in [0.1, 0.15) is 0 Å². The summed E-state index contributed by atoms with van der Waals surface area (Å²) in [6, 6.07) is 6.50. The van der Waals surface area contributed by atoms with Crippen LogP contribution in [-0.2, 0) is 0 Å². The van der Waals surface area contributed by atoms with Crippen molar-refractivity contribution in [2.75, 3.05) is 17.2 Å². The zero-order valence-electron chi connectivity index (χ0n) is 15.4. The number of amides is 4. The first-order valence-electron chi connectivity index (χ1n) is 8.87. The Balaban J connectivity index is 1.42. The van der Waals surface area contributed by atoms with Crippen molar-refractivity contribution in [3.63, 3.8) is 0 Å². The minimum Gasteiger partial charge on any atom is -0.338 e. The Bertz CT molecular complexity index is 781. The maximum Gasteiger partial charge on any atom is 0.319 e. The van der Waals surface area contributed by atoms with Gasteiger partial charge in [0.2, 0.25) is 0 Å². The standard InChI is InChI=1S/C19H24N6O2/c1-19(2)13(12-22-17(26)23-14-3-7-20-8-4-14)11-16(19)25-18(27)24-15-5-9-21-10-6-15/h3-10,13,16H,11-12H2,1-2H3,(H2,20,22,23,26)(H2,21,24,25,27)/t13-,16-/m1/s1. The Hall–Kier alpha value is -3.16. The Labute approximate surface area is 158 Å². The third-order valence-electron chi connectivity index (χ3n) is 5.16. The van der Waals surface area contributed by atoms with E-state index in [1.54, 1.807) is 49.1 Å². The number of pyridine rings is 2. The number of aromatic nitrogens is 2. The van der Waals surface area contributed by atoms with Crippen LogP contribution in [0, 0.1) is 11.3 Å². The summed E-state index contributed by atoms with van der Waals surface area (Å²) in [5.74, 6) is 0.284. The Morgan fingerprint density at radius 2 is 1.48 bits per heavy atom. The molecule has 0 radical (unpaired) electrons. The predicted molar refractivity (Wildman–Crippen MR) is 103 cm³/mol. The van der Waals surface area contributed by atoms with Crippen molar-refractivity contribution < 1.29 is 9.59 Å². The summed E-state index contributed by atoms with van der Waals surface area (Å²) >= 11 is 0. The van der Waals surface area contributed by atoms with Crippen LogP contribution in [0.15, 0.2) is 49.1 Å². The lowest BCUT2D eigenvalue weighted by atomic mass is 9.58. The van der Waals surface area contributed by atoms with E-state index < -0.39 is 0 Å². The van der Waals surface area contributed by atoms with Gasteiger partial charge in [-0.3, -0.25) is 9.97 Å². The summed E-state index contributed by atoms with van der Waals surface area (Å²) in [5.41, 5.74) is 1.29. The van der Waals surface area contributed by atoms with E-state index in [1.165, 1.54) is 0 Å². The van der Waals surface area contributed by atoms with Gasteiger partial charge in [-0.15, -0.1) is 0 Å². The van der Waals surface area contributed by atoms with Crippen LogP contribution >= 0.6 is 0 Å². The van der Waals surface area contributed by atoms with Gasteiger partial charge in [0.15, 0.2) is 0 Å². The topological polar surface area (TPSA) is 108 Å². The van der Waals surface area contributed by atoms with Gasteiger partial charge in [-0.1, -0.05) is 13.8 Å². The fraction of sp³-hybridized carbons (Fsp3) is 0.368. The van der Waals surface area contributed by atoms with E-state index in [0.29, 0.717) is 17.9 Å². The van der Waals surface area contributed by atoms with Crippen LogP contribution in [0.2, 0.25) is 0 Å². The summed E-state index contributed by atoms with van der Waals surface area (Å²) in [6.07, 6.45) is 7.31. The number of nitrogens with zero attached hydrogens (tertiary/aromatic N) is 2. The Morgan fingerprint density at radius 3 is 2.00 bits per heavy atom. The second-order valence-corrected chi connectivity index (χ2v) is 7.21. The number of rotatable bonds is 5. The van der Waals surface area contributed by atoms with Crippen LogP contribution in [0.4, 0.5) is 21.0 Å². The largest absolute Gasteiger partial charge is 0.338 e. The molecule has 27 heavy (non-hydrogen) atoms. The molecule has 142 valence electrons. The molecule has 0 saturated heterocycles. The lowest BCUT2D eigenvalue weighted by Gasteiger charge is -2.52. The molecule has 3 rings (SSSR count). The lowest BCUT2D eigenvalue weighted by molar-refractivity contribution is 0.0244. The molecule has 2 atom stereocenters. The molecular weight excluding hydrogens is 344 g/mol. The van der Waals surface area contributed by atoms with Crippen LogP contribution in [-0.4, -0.2) is 34.6 Å². The van der Waals surface area contributed by atoms with E-state index in [1.807, 2.05) is 0 Å². The van der Waals surface area contributed by atoms with Crippen molar-refractivity contribution in [2.45, 2.75) is 26.3 Å². The number of carbonyl (C=O) groups is 2. The molecule has 2 heterocycles. The van der Waals surface area contributed by atoms with E-state index in [4.69, 9.17) is 0 Å². The molecular formula is C19H24N6O2. The summed E-state index contributed by atoms with van der Waals surface area (Å²) in [7, 11) is 0. The molecule has 1 fully saturated rings. The van der Waals surface area contributed by atoms with Gasteiger partial charge in [0.05, 0.1) is 0 Å². The van der Waals surface area contributed by atoms with Crippen LogP contribution in [0.25, 0.3) is 0 Å². The molecule has 0 unspecified atom stereocenters. The van der Waals surface area contributed by atoms with Crippen molar-refractivity contribution >= 4 is 23.4 Å². The van der Waals surface area contributed by atoms with Gasteiger partial charge in [-0.25, -0.2) is 9.59 Å². The highest BCUT2D eigenvalue weighted by Crippen LogP contribution is 2.45. The van der Waals surface area contributed by atoms with Crippen LogP contribution in [0.3, 0.4) is 0 Å². The van der Waals surface area contributed by atoms with Crippen molar-refractivity contribution in [2.24, 2.45) is 11.3 Å². The third kappa shape index (κ3) is 4.72. The number of hydrogen-bond acceptors (Lipinski definition) is 4. The third-order valence-corrected chi connectivity index (χ3v) is 5.16. The van der Waals surface area contributed by atoms with Crippen LogP contribution in [0.5, 0.6) is 0 Å². The molecule has 8 heteroatoms.